The highest BCUT2D eigenvalue weighted by Crippen LogP contribution is 2.18. The van der Waals surface area contributed by atoms with Crippen LogP contribution in [0, 0.1) is 5.41 Å². The summed E-state index contributed by atoms with van der Waals surface area (Å²) in [5.41, 5.74) is 3.27. The van der Waals surface area contributed by atoms with Crippen molar-refractivity contribution >= 4 is 12.1 Å². The minimum absolute atomic E-state index is 0.463. The average molecular weight is 413 g/mol. The molecule has 0 heterocycles. The topological polar surface area (TPSA) is 77.0 Å². The van der Waals surface area contributed by atoms with Crippen LogP contribution in [-0.4, -0.2) is 19.2 Å². The van der Waals surface area contributed by atoms with Gasteiger partial charge in [0.25, 0.3) is 0 Å². The summed E-state index contributed by atoms with van der Waals surface area (Å²) >= 11 is 0. The van der Waals surface area contributed by atoms with Gasteiger partial charge in [-0.3, -0.25) is 10.2 Å². The third-order valence-electron chi connectivity index (χ3n) is 4.37. The molecule has 0 saturated carbocycles. The van der Waals surface area contributed by atoms with Crippen molar-refractivity contribution in [3.05, 3.63) is 71.4 Å². The van der Waals surface area contributed by atoms with E-state index >= 15 is 0 Å². The van der Waals surface area contributed by atoms with E-state index in [1.807, 2.05) is 27.0 Å². The van der Waals surface area contributed by atoms with Crippen LogP contribution in [0.4, 0.5) is 0 Å². The van der Waals surface area contributed by atoms with Gasteiger partial charge in [0, 0.05) is 30.9 Å². The molecular weight excluding hydrogens is 372 g/mol. The molecule has 4 N–H and O–H groups in total. The van der Waals surface area contributed by atoms with Gasteiger partial charge >= 0.3 is 0 Å². The maximum absolute atomic E-state index is 10.6. The Bertz CT molecular complexity index is 694. The molecule has 0 atom stereocenters. The fourth-order valence-corrected chi connectivity index (χ4v) is 2.74. The van der Waals surface area contributed by atoms with Gasteiger partial charge in [-0.25, -0.2) is 0 Å². The van der Waals surface area contributed by atoms with Gasteiger partial charge in [-0.15, -0.1) is 0 Å². The third-order valence-corrected chi connectivity index (χ3v) is 4.37. The normalized spacial score (nSPS) is 13.8. The number of unbranched alkanes of at least 4 members (excludes halogenated alkanes) is 1. The SMILES string of the molecule is C/C=C\CC=CC/C(=C\C)N/C(NC)=C(/CCC)C(=N)C(/C=C/NC=O)=C/CCC. The molecule has 0 aliphatic heterocycles. The van der Waals surface area contributed by atoms with E-state index in [0.29, 0.717) is 12.1 Å². The summed E-state index contributed by atoms with van der Waals surface area (Å²) in [6.45, 7) is 8.26. The zero-order valence-corrected chi connectivity index (χ0v) is 19.3. The van der Waals surface area contributed by atoms with Gasteiger partial charge in [-0.2, -0.15) is 0 Å². The number of hydrogen-bond donors (Lipinski definition) is 4. The molecule has 0 bridgehead atoms. The molecule has 0 aromatic heterocycles. The van der Waals surface area contributed by atoms with Crippen LogP contribution in [0.3, 0.4) is 0 Å². The molecule has 0 radical (unpaired) electrons. The smallest absolute Gasteiger partial charge is 0.211 e. The predicted octanol–water partition coefficient (Wildman–Crippen LogP) is 5.63. The van der Waals surface area contributed by atoms with Gasteiger partial charge in [0.05, 0.1) is 5.71 Å². The van der Waals surface area contributed by atoms with Crippen molar-refractivity contribution in [3.8, 4) is 0 Å². The molecular formula is C25H40N4O. The Balaban J connectivity index is 5.76. The number of carbonyl (C=O) groups excluding carboxylic acids is 1. The van der Waals surface area contributed by atoms with E-state index in [-0.39, 0.29) is 0 Å². The lowest BCUT2D eigenvalue weighted by molar-refractivity contribution is -0.108. The first-order valence-electron chi connectivity index (χ1n) is 10.8. The Morgan fingerprint density at radius 1 is 1.07 bits per heavy atom. The summed E-state index contributed by atoms with van der Waals surface area (Å²) in [5.74, 6) is 0.843. The van der Waals surface area contributed by atoms with Crippen LogP contribution in [0.25, 0.3) is 0 Å². The zero-order valence-electron chi connectivity index (χ0n) is 19.3. The molecule has 5 heteroatoms. The minimum Gasteiger partial charge on any atom is -0.374 e. The number of rotatable bonds is 16. The molecule has 0 aromatic rings. The molecule has 0 aliphatic rings. The number of hydrogen-bond acceptors (Lipinski definition) is 4. The Morgan fingerprint density at radius 3 is 2.40 bits per heavy atom. The Labute approximate surface area is 183 Å². The molecule has 30 heavy (non-hydrogen) atoms. The van der Waals surface area contributed by atoms with Gasteiger partial charge in [-0.05, 0) is 44.8 Å². The molecule has 0 fully saturated rings. The number of carbonyl (C=O) groups is 1. The Hall–Kier alpha value is -2.82. The summed E-state index contributed by atoms with van der Waals surface area (Å²) in [6.07, 6.45) is 21.9. The number of nitrogens with one attached hydrogen (secondary N) is 4. The lowest BCUT2D eigenvalue weighted by Gasteiger charge is -2.19. The van der Waals surface area contributed by atoms with Gasteiger partial charge in [0.1, 0.15) is 5.82 Å². The lowest BCUT2D eigenvalue weighted by Crippen LogP contribution is -2.27. The highest BCUT2D eigenvalue weighted by molar-refractivity contribution is 6.12. The maximum atomic E-state index is 10.6. The second-order valence-corrected chi connectivity index (χ2v) is 6.71. The van der Waals surface area contributed by atoms with Crippen molar-refractivity contribution in [1.82, 2.24) is 16.0 Å². The highest BCUT2D eigenvalue weighted by Gasteiger charge is 2.14. The van der Waals surface area contributed by atoms with E-state index < -0.39 is 0 Å². The fraction of sp³-hybridized carbons (Fsp3) is 0.440. The number of allylic oxidation sites excluding steroid dienone is 9. The molecule has 0 saturated heterocycles. The van der Waals surface area contributed by atoms with Crippen LogP contribution in [0.1, 0.15) is 66.2 Å². The number of amides is 1. The predicted molar refractivity (Wildman–Crippen MR) is 130 cm³/mol. The zero-order chi connectivity index (χ0) is 22.6. The quantitative estimate of drug-likeness (QED) is 0.115. The van der Waals surface area contributed by atoms with Crippen LogP contribution in [0.15, 0.2) is 71.4 Å². The molecule has 0 aromatic carbocycles. The van der Waals surface area contributed by atoms with Crippen molar-refractivity contribution < 1.29 is 4.79 Å². The first-order chi connectivity index (χ1) is 14.6. The van der Waals surface area contributed by atoms with Crippen LogP contribution in [0.2, 0.25) is 0 Å². The average Bonchev–Trinajstić information content (AvgIpc) is 2.76. The van der Waals surface area contributed by atoms with Gasteiger partial charge in [-0.1, -0.05) is 63.1 Å². The molecule has 0 unspecified atom stereocenters. The van der Waals surface area contributed by atoms with Crippen LogP contribution in [0.5, 0.6) is 0 Å². The van der Waals surface area contributed by atoms with Crippen molar-refractivity contribution in [2.45, 2.75) is 66.2 Å². The van der Waals surface area contributed by atoms with Crippen molar-refractivity contribution in [3.63, 3.8) is 0 Å². The fourth-order valence-electron chi connectivity index (χ4n) is 2.74. The molecule has 0 spiro atoms. The van der Waals surface area contributed by atoms with Gasteiger partial charge < -0.3 is 16.0 Å². The summed E-state index contributed by atoms with van der Waals surface area (Å²) in [6, 6.07) is 0. The van der Waals surface area contributed by atoms with Crippen molar-refractivity contribution in [2.24, 2.45) is 0 Å². The highest BCUT2D eigenvalue weighted by atomic mass is 16.1. The van der Waals surface area contributed by atoms with Crippen molar-refractivity contribution in [1.29, 1.82) is 5.41 Å². The maximum Gasteiger partial charge on any atom is 0.211 e. The van der Waals surface area contributed by atoms with E-state index in [2.05, 4.69) is 60.2 Å². The van der Waals surface area contributed by atoms with Gasteiger partial charge in [0.2, 0.25) is 6.41 Å². The first-order valence-corrected chi connectivity index (χ1v) is 10.8. The summed E-state index contributed by atoms with van der Waals surface area (Å²) < 4.78 is 0. The van der Waals surface area contributed by atoms with E-state index in [1.165, 1.54) is 0 Å². The molecule has 5 nitrogen and oxygen atoms in total. The lowest BCUT2D eigenvalue weighted by atomic mass is 9.97. The summed E-state index contributed by atoms with van der Waals surface area (Å²) in [7, 11) is 1.87. The van der Waals surface area contributed by atoms with E-state index in [1.54, 1.807) is 12.3 Å². The first kappa shape index (κ1) is 27.2. The van der Waals surface area contributed by atoms with Crippen molar-refractivity contribution in [2.75, 3.05) is 7.05 Å². The summed E-state index contributed by atoms with van der Waals surface area (Å²) in [5, 5.41) is 18.1. The molecule has 0 aliphatic carbocycles. The van der Waals surface area contributed by atoms with Crippen LogP contribution < -0.4 is 16.0 Å². The second kappa shape index (κ2) is 18.2. The largest absolute Gasteiger partial charge is 0.374 e. The second-order valence-electron chi connectivity index (χ2n) is 6.71. The van der Waals surface area contributed by atoms with E-state index in [9.17, 15) is 4.79 Å². The monoisotopic (exact) mass is 412 g/mol. The summed E-state index contributed by atoms with van der Waals surface area (Å²) in [4.78, 5) is 10.6. The molecule has 166 valence electrons. The standard InChI is InChI=1S/C25H40N4O/c1-6-10-12-13-14-17-22(9-4)29-25(27-5)23(15-8-3)24(26)21(16-11-7-2)18-19-28-20-30/h6,9-10,13-14,16,18-20,26-27,29H,7-8,11-12,15,17H2,1-5H3,(H,28,30)/b10-6-,14-13?,19-18+,21-16+,22-9+,25-23-,26-24?. The van der Waals surface area contributed by atoms with E-state index in [0.717, 1.165) is 61.2 Å². The molecule has 0 rings (SSSR count). The van der Waals surface area contributed by atoms with Gasteiger partial charge in [0.15, 0.2) is 0 Å². The van der Waals surface area contributed by atoms with Crippen LogP contribution in [-0.2, 0) is 4.79 Å². The Morgan fingerprint density at radius 2 is 1.83 bits per heavy atom. The van der Waals surface area contributed by atoms with E-state index in [4.69, 9.17) is 5.41 Å². The van der Waals surface area contributed by atoms with Crippen LogP contribution >= 0.6 is 0 Å². The third kappa shape index (κ3) is 11.2. The minimum atomic E-state index is 0.463. The Kier molecular flexibility index (Phi) is 16.5. The molecule has 1 amide bonds.